The number of pyridine rings is 1. The maximum Gasteiger partial charge on any atom is 0.201 e. The van der Waals surface area contributed by atoms with E-state index in [9.17, 15) is 17.6 Å². The molecule has 7 heteroatoms. The number of aliphatic hydroxyl groups is 1. The quantitative estimate of drug-likeness (QED) is 0.287. The summed E-state index contributed by atoms with van der Waals surface area (Å²) in [4.78, 5) is 4.00. The molecule has 4 aromatic rings. The van der Waals surface area contributed by atoms with E-state index in [1.54, 1.807) is 49.4 Å². The van der Waals surface area contributed by atoms with Crippen molar-refractivity contribution in [3.05, 3.63) is 107 Å². The summed E-state index contributed by atoms with van der Waals surface area (Å²) >= 11 is 0. The summed E-state index contributed by atoms with van der Waals surface area (Å²) in [7, 11) is 0. The van der Waals surface area contributed by atoms with Crippen LogP contribution in [0, 0.1) is 23.3 Å². The molecule has 0 aliphatic heterocycles. The van der Waals surface area contributed by atoms with Gasteiger partial charge in [0.25, 0.3) is 0 Å². The summed E-state index contributed by atoms with van der Waals surface area (Å²) in [6, 6.07) is 15.9. The summed E-state index contributed by atoms with van der Waals surface area (Å²) in [5.41, 5.74) is 2.63. The van der Waals surface area contributed by atoms with Crippen LogP contribution < -0.4 is 4.74 Å². The van der Waals surface area contributed by atoms with Crippen molar-refractivity contribution in [1.29, 1.82) is 0 Å². The second kappa shape index (κ2) is 10.7. The fraction of sp³-hybridized carbons (Fsp3) is 0.179. The van der Waals surface area contributed by atoms with Crippen molar-refractivity contribution in [3.63, 3.8) is 0 Å². The molecule has 0 aliphatic carbocycles. The number of ether oxygens (including phenoxy) is 1. The molecule has 0 fully saturated rings. The van der Waals surface area contributed by atoms with Crippen LogP contribution in [0.4, 0.5) is 17.6 Å². The second-order valence-corrected chi connectivity index (χ2v) is 7.97. The number of rotatable bonds is 8. The highest BCUT2D eigenvalue weighted by atomic mass is 19.2. The van der Waals surface area contributed by atoms with Gasteiger partial charge in [-0.05, 0) is 54.7 Å². The molecule has 4 rings (SSSR count). The van der Waals surface area contributed by atoms with Crippen molar-refractivity contribution in [2.75, 3.05) is 6.61 Å². The van der Waals surface area contributed by atoms with E-state index in [2.05, 4.69) is 4.98 Å². The number of aryl methyl sites for hydroxylation is 2. The molecule has 0 spiro atoms. The molecule has 1 heterocycles. The monoisotopic (exact) mass is 481 g/mol. The summed E-state index contributed by atoms with van der Waals surface area (Å²) in [5.74, 6) is -4.03. The molecule has 0 unspecified atom stereocenters. The fourth-order valence-electron chi connectivity index (χ4n) is 3.83. The summed E-state index contributed by atoms with van der Waals surface area (Å²) in [6.07, 6.45) is 2.09. The maximum atomic E-state index is 14.7. The van der Waals surface area contributed by atoms with Crippen LogP contribution in [0.3, 0.4) is 0 Å². The Kier molecular flexibility index (Phi) is 7.46. The lowest BCUT2D eigenvalue weighted by Crippen LogP contribution is -2.00. The van der Waals surface area contributed by atoms with Gasteiger partial charge in [-0.15, -0.1) is 0 Å². The van der Waals surface area contributed by atoms with Crippen molar-refractivity contribution in [2.45, 2.75) is 26.4 Å². The number of halogens is 4. The van der Waals surface area contributed by atoms with Gasteiger partial charge >= 0.3 is 0 Å². The van der Waals surface area contributed by atoms with E-state index in [1.807, 2.05) is 0 Å². The minimum absolute atomic E-state index is 0.0946. The smallest absolute Gasteiger partial charge is 0.201 e. The van der Waals surface area contributed by atoms with Gasteiger partial charge < -0.3 is 9.84 Å². The number of aromatic nitrogens is 1. The van der Waals surface area contributed by atoms with Gasteiger partial charge in [-0.1, -0.05) is 42.5 Å². The topological polar surface area (TPSA) is 42.4 Å². The standard InChI is InChI=1S/C28H23F4NO2/c1-2-35-24-14-13-22(27(31)28(24)32)18-6-3-17(4-7-18)5-8-19-10-12-23(26(30)25(19)29)20-9-11-21(16-34)33-15-20/h3-4,6-7,9-15,34H,2,5,8,16H2,1H3. The first kappa shape index (κ1) is 24.4. The van der Waals surface area contributed by atoms with Gasteiger partial charge in [-0.3, -0.25) is 4.98 Å². The zero-order chi connectivity index (χ0) is 24.9. The molecule has 0 atom stereocenters. The van der Waals surface area contributed by atoms with E-state index in [-0.39, 0.29) is 42.1 Å². The predicted molar refractivity (Wildman–Crippen MR) is 126 cm³/mol. The van der Waals surface area contributed by atoms with Crippen LogP contribution in [-0.4, -0.2) is 16.7 Å². The van der Waals surface area contributed by atoms with Gasteiger partial charge in [0.1, 0.15) is 0 Å². The maximum absolute atomic E-state index is 14.7. The lowest BCUT2D eigenvalue weighted by molar-refractivity contribution is 0.277. The number of hydrogen-bond donors (Lipinski definition) is 1. The molecule has 3 nitrogen and oxygen atoms in total. The van der Waals surface area contributed by atoms with Gasteiger partial charge in [0.05, 0.1) is 18.9 Å². The highest BCUT2D eigenvalue weighted by Gasteiger charge is 2.17. The number of hydrogen-bond acceptors (Lipinski definition) is 3. The first-order chi connectivity index (χ1) is 16.9. The number of aliphatic hydroxyl groups excluding tert-OH is 1. The molecule has 180 valence electrons. The Bertz CT molecular complexity index is 1320. The zero-order valence-electron chi connectivity index (χ0n) is 19.0. The molecule has 35 heavy (non-hydrogen) atoms. The van der Waals surface area contributed by atoms with E-state index in [0.29, 0.717) is 23.2 Å². The van der Waals surface area contributed by atoms with Gasteiger partial charge in [0.15, 0.2) is 23.2 Å². The fourth-order valence-corrected chi connectivity index (χ4v) is 3.83. The molecule has 1 aromatic heterocycles. The van der Waals surface area contributed by atoms with Gasteiger partial charge in [0.2, 0.25) is 5.82 Å². The SMILES string of the molecule is CCOc1ccc(-c2ccc(CCc3ccc(-c4ccc(CO)nc4)c(F)c3F)cc2)c(F)c1F. The largest absolute Gasteiger partial charge is 0.491 e. The van der Waals surface area contributed by atoms with E-state index in [0.717, 1.165) is 5.56 Å². The minimum atomic E-state index is -1.03. The highest BCUT2D eigenvalue weighted by Crippen LogP contribution is 2.31. The van der Waals surface area contributed by atoms with Crippen LogP contribution in [-0.2, 0) is 19.4 Å². The van der Waals surface area contributed by atoms with E-state index < -0.39 is 23.3 Å². The average molecular weight is 481 g/mol. The molecular formula is C28H23F4NO2. The van der Waals surface area contributed by atoms with Crippen molar-refractivity contribution < 1.29 is 27.4 Å². The highest BCUT2D eigenvalue weighted by molar-refractivity contribution is 5.66. The molecule has 0 bridgehead atoms. The number of benzene rings is 3. The molecule has 0 amide bonds. The van der Waals surface area contributed by atoms with Crippen LogP contribution >= 0.6 is 0 Å². The predicted octanol–water partition coefficient (Wildman–Crippen LogP) is 6.65. The molecule has 3 aromatic carbocycles. The third-order valence-electron chi connectivity index (χ3n) is 5.75. The van der Waals surface area contributed by atoms with Crippen LogP contribution in [0.5, 0.6) is 5.75 Å². The van der Waals surface area contributed by atoms with Crippen LogP contribution in [0.2, 0.25) is 0 Å². The lowest BCUT2D eigenvalue weighted by Gasteiger charge is -2.11. The lowest BCUT2D eigenvalue weighted by atomic mass is 9.98. The van der Waals surface area contributed by atoms with Crippen molar-refractivity contribution in [1.82, 2.24) is 4.98 Å². The van der Waals surface area contributed by atoms with E-state index in [4.69, 9.17) is 9.84 Å². The first-order valence-corrected chi connectivity index (χ1v) is 11.2. The van der Waals surface area contributed by atoms with Crippen LogP contribution in [0.25, 0.3) is 22.3 Å². The van der Waals surface area contributed by atoms with Crippen molar-refractivity contribution in [3.8, 4) is 28.0 Å². The van der Waals surface area contributed by atoms with Gasteiger partial charge in [-0.2, -0.15) is 4.39 Å². The Labute approximate surface area is 200 Å². The van der Waals surface area contributed by atoms with Crippen LogP contribution in [0.1, 0.15) is 23.7 Å². The Morgan fingerprint density at radius 2 is 1.37 bits per heavy atom. The van der Waals surface area contributed by atoms with Crippen molar-refractivity contribution >= 4 is 0 Å². The number of nitrogens with zero attached hydrogens (tertiary/aromatic N) is 1. The second-order valence-electron chi connectivity index (χ2n) is 7.97. The van der Waals surface area contributed by atoms with Gasteiger partial charge in [0, 0.05) is 22.9 Å². The third-order valence-corrected chi connectivity index (χ3v) is 5.75. The Morgan fingerprint density at radius 1 is 0.714 bits per heavy atom. The molecule has 0 radical (unpaired) electrons. The summed E-state index contributed by atoms with van der Waals surface area (Å²) < 4.78 is 63.2. The average Bonchev–Trinajstić information content (AvgIpc) is 2.88. The Balaban J connectivity index is 1.47. The molecular weight excluding hydrogens is 458 g/mol. The zero-order valence-corrected chi connectivity index (χ0v) is 19.0. The molecule has 1 N–H and O–H groups in total. The Morgan fingerprint density at radius 3 is 2.03 bits per heavy atom. The first-order valence-electron chi connectivity index (χ1n) is 11.2. The van der Waals surface area contributed by atoms with E-state index in [1.165, 1.54) is 24.4 Å². The normalized spacial score (nSPS) is 11.0. The van der Waals surface area contributed by atoms with Crippen LogP contribution in [0.15, 0.2) is 66.9 Å². The summed E-state index contributed by atoms with van der Waals surface area (Å²) in [6.45, 7) is 1.68. The van der Waals surface area contributed by atoms with Crippen molar-refractivity contribution in [2.24, 2.45) is 0 Å². The molecule has 0 saturated carbocycles. The molecule has 0 saturated heterocycles. The Hall–Kier alpha value is -3.71. The minimum Gasteiger partial charge on any atom is -0.491 e. The van der Waals surface area contributed by atoms with E-state index >= 15 is 0 Å². The van der Waals surface area contributed by atoms with Gasteiger partial charge in [-0.25, -0.2) is 13.2 Å². The third kappa shape index (κ3) is 5.20. The molecule has 0 aliphatic rings. The summed E-state index contributed by atoms with van der Waals surface area (Å²) in [5, 5.41) is 9.08.